The third-order valence-corrected chi connectivity index (χ3v) is 3.37. The summed E-state index contributed by atoms with van der Waals surface area (Å²) in [5, 5.41) is 2.33. The van der Waals surface area contributed by atoms with E-state index in [9.17, 15) is 18.8 Å². The lowest BCUT2D eigenvalue weighted by atomic mass is 10.2. The number of esters is 1. The molecule has 2 rings (SSSR count). The quantitative estimate of drug-likeness (QED) is 0.836. The van der Waals surface area contributed by atoms with Gasteiger partial charge in [0, 0.05) is 4.70 Å². The molecule has 2 aromatic rings. The summed E-state index contributed by atoms with van der Waals surface area (Å²) in [5.41, 5.74) is 4.73. The summed E-state index contributed by atoms with van der Waals surface area (Å²) in [7, 11) is 0. The highest BCUT2D eigenvalue weighted by Crippen LogP contribution is 2.26. The lowest BCUT2D eigenvalue weighted by Crippen LogP contribution is -2.37. The third kappa shape index (κ3) is 3.29. The molecule has 20 heavy (non-hydrogen) atoms. The van der Waals surface area contributed by atoms with Crippen LogP contribution in [0.4, 0.5) is 9.18 Å². The Morgan fingerprint density at radius 1 is 1.30 bits per heavy atom. The molecule has 0 aliphatic rings. The monoisotopic (exact) mass is 296 g/mol. The minimum Gasteiger partial charge on any atom is -0.451 e. The predicted octanol–water partition coefficient (Wildman–Crippen LogP) is 1.39. The highest BCUT2D eigenvalue weighted by atomic mass is 32.1. The van der Waals surface area contributed by atoms with Crippen molar-refractivity contribution in [3.8, 4) is 0 Å². The van der Waals surface area contributed by atoms with Crippen LogP contribution in [0.15, 0.2) is 24.3 Å². The van der Waals surface area contributed by atoms with E-state index in [-0.39, 0.29) is 4.88 Å². The molecule has 104 valence electrons. The van der Waals surface area contributed by atoms with Gasteiger partial charge in [-0.1, -0.05) is 0 Å². The molecule has 3 N–H and O–H groups in total. The molecule has 0 aliphatic carbocycles. The number of carbonyl (C=O) groups excluding carboxylic acids is 3. The fourth-order valence-electron chi connectivity index (χ4n) is 1.49. The molecule has 0 bridgehead atoms. The number of urea groups is 1. The van der Waals surface area contributed by atoms with Crippen LogP contribution in [-0.4, -0.2) is 24.5 Å². The van der Waals surface area contributed by atoms with Gasteiger partial charge in [-0.2, -0.15) is 0 Å². The number of amides is 3. The SMILES string of the molecule is NC(=O)NC(=O)COC(=O)c1cc2cc(F)ccc2s1. The maximum absolute atomic E-state index is 13.0. The molecule has 0 spiro atoms. The first-order valence-corrected chi connectivity index (χ1v) is 6.23. The van der Waals surface area contributed by atoms with Gasteiger partial charge in [0.25, 0.3) is 5.91 Å². The van der Waals surface area contributed by atoms with Crippen molar-refractivity contribution in [3.63, 3.8) is 0 Å². The molecule has 0 saturated heterocycles. The second-order valence-electron chi connectivity index (χ2n) is 3.78. The molecule has 8 heteroatoms. The van der Waals surface area contributed by atoms with Gasteiger partial charge < -0.3 is 10.5 Å². The van der Waals surface area contributed by atoms with Crippen LogP contribution in [0.2, 0.25) is 0 Å². The number of rotatable bonds is 3. The van der Waals surface area contributed by atoms with E-state index in [1.807, 2.05) is 0 Å². The van der Waals surface area contributed by atoms with Gasteiger partial charge in [-0.25, -0.2) is 14.0 Å². The van der Waals surface area contributed by atoms with Crippen molar-refractivity contribution < 1.29 is 23.5 Å². The molecule has 0 unspecified atom stereocenters. The Hall–Kier alpha value is -2.48. The Labute approximate surface area is 116 Å². The molecule has 1 aromatic carbocycles. The third-order valence-electron chi connectivity index (χ3n) is 2.28. The van der Waals surface area contributed by atoms with Gasteiger partial charge in [-0.05, 0) is 29.7 Å². The van der Waals surface area contributed by atoms with Gasteiger partial charge in [0.15, 0.2) is 6.61 Å². The first-order valence-electron chi connectivity index (χ1n) is 5.41. The number of nitrogens with one attached hydrogen (secondary N) is 1. The van der Waals surface area contributed by atoms with Gasteiger partial charge >= 0.3 is 12.0 Å². The first kappa shape index (κ1) is 13.9. The number of thiophene rings is 1. The van der Waals surface area contributed by atoms with Crippen LogP contribution in [0, 0.1) is 5.82 Å². The number of ether oxygens (including phenoxy) is 1. The van der Waals surface area contributed by atoms with E-state index in [2.05, 4.69) is 0 Å². The van der Waals surface area contributed by atoms with Crippen LogP contribution in [-0.2, 0) is 9.53 Å². The fourth-order valence-corrected chi connectivity index (χ4v) is 2.43. The van der Waals surface area contributed by atoms with Crippen LogP contribution in [0.5, 0.6) is 0 Å². The summed E-state index contributed by atoms with van der Waals surface area (Å²) in [6, 6.07) is 4.57. The van der Waals surface area contributed by atoms with Crippen LogP contribution in [0.1, 0.15) is 9.67 Å². The standard InChI is InChI=1S/C12H9FN2O4S/c13-7-1-2-8-6(3-7)4-9(20-8)11(17)19-5-10(16)15-12(14)18/h1-4H,5H2,(H3,14,15,16,18). The largest absolute Gasteiger partial charge is 0.451 e. The molecule has 0 atom stereocenters. The first-order chi connectivity index (χ1) is 9.45. The number of nitrogens with two attached hydrogens (primary N) is 1. The van der Waals surface area contributed by atoms with Crippen molar-refractivity contribution in [1.29, 1.82) is 0 Å². The number of hydrogen-bond acceptors (Lipinski definition) is 5. The lowest BCUT2D eigenvalue weighted by Gasteiger charge is -2.02. The Morgan fingerprint density at radius 2 is 2.05 bits per heavy atom. The molecule has 0 radical (unpaired) electrons. The molecule has 1 aromatic heterocycles. The Balaban J connectivity index is 2.04. The highest BCUT2D eigenvalue weighted by molar-refractivity contribution is 7.20. The number of halogens is 1. The van der Waals surface area contributed by atoms with E-state index in [1.54, 1.807) is 11.4 Å². The fraction of sp³-hybridized carbons (Fsp3) is 0.0833. The number of imide groups is 1. The van der Waals surface area contributed by atoms with Crippen molar-refractivity contribution in [2.24, 2.45) is 5.73 Å². The van der Waals surface area contributed by atoms with E-state index in [4.69, 9.17) is 10.5 Å². The number of carbonyl (C=O) groups is 3. The summed E-state index contributed by atoms with van der Waals surface area (Å²) < 4.78 is 18.4. The zero-order valence-corrected chi connectivity index (χ0v) is 10.8. The molecule has 0 aliphatic heterocycles. The van der Waals surface area contributed by atoms with Gasteiger partial charge in [0.05, 0.1) is 0 Å². The Kier molecular flexibility index (Phi) is 3.94. The van der Waals surface area contributed by atoms with E-state index >= 15 is 0 Å². The second-order valence-corrected chi connectivity index (χ2v) is 4.87. The predicted molar refractivity (Wildman–Crippen MR) is 69.8 cm³/mol. The Morgan fingerprint density at radius 3 is 2.75 bits per heavy atom. The maximum atomic E-state index is 13.0. The summed E-state index contributed by atoms with van der Waals surface area (Å²) in [6.45, 7) is -0.621. The van der Waals surface area contributed by atoms with Crippen LogP contribution < -0.4 is 11.1 Å². The van der Waals surface area contributed by atoms with Gasteiger partial charge in [0.2, 0.25) is 0 Å². The molecule has 3 amide bonds. The summed E-state index contributed by atoms with van der Waals surface area (Å²) >= 11 is 1.12. The van der Waals surface area contributed by atoms with Crippen LogP contribution in [0.3, 0.4) is 0 Å². The zero-order chi connectivity index (χ0) is 14.7. The highest BCUT2D eigenvalue weighted by Gasteiger charge is 2.14. The Bertz CT molecular complexity index is 698. The van der Waals surface area contributed by atoms with E-state index < -0.39 is 30.3 Å². The van der Waals surface area contributed by atoms with Crippen molar-refractivity contribution in [1.82, 2.24) is 5.32 Å². The maximum Gasteiger partial charge on any atom is 0.348 e. The summed E-state index contributed by atoms with van der Waals surface area (Å²) in [4.78, 5) is 33.4. The number of primary amides is 1. The van der Waals surface area contributed by atoms with Gasteiger partial charge in [-0.3, -0.25) is 10.1 Å². The minimum atomic E-state index is -1.02. The van der Waals surface area contributed by atoms with Gasteiger partial charge in [-0.15, -0.1) is 11.3 Å². The summed E-state index contributed by atoms with van der Waals surface area (Å²) in [6.07, 6.45) is 0. The zero-order valence-electron chi connectivity index (χ0n) is 10.0. The second kappa shape index (κ2) is 5.66. The average Bonchev–Trinajstić information content (AvgIpc) is 2.78. The number of fused-ring (bicyclic) bond motifs is 1. The van der Waals surface area contributed by atoms with Crippen molar-refractivity contribution in [2.45, 2.75) is 0 Å². The topological polar surface area (TPSA) is 98.5 Å². The van der Waals surface area contributed by atoms with Gasteiger partial charge in [0.1, 0.15) is 10.7 Å². The molecule has 1 heterocycles. The number of hydrogen-bond donors (Lipinski definition) is 2. The minimum absolute atomic E-state index is 0.234. The molecule has 6 nitrogen and oxygen atoms in total. The van der Waals surface area contributed by atoms with Crippen LogP contribution in [0.25, 0.3) is 10.1 Å². The van der Waals surface area contributed by atoms with Crippen LogP contribution >= 0.6 is 11.3 Å². The number of benzene rings is 1. The molecular formula is C12H9FN2O4S. The lowest BCUT2D eigenvalue weighted by molar-refractivity contribution is -0.123. The molecule has 0 fully saturated rings. The summed E-state index contributed by atoms with van der Waals surface area (Å²) in [5.74, 6) is -1.96. The molecule has 0 saturated carbocycles. The normalized spacial score (nSPS) is 10.2. The van der Waals surface area contributed by atoms with Crippen molar-refractivity contribution in [2.75, 3.05) is 6.61 Å². The van der Waals surface area contributed by atoms with E-state index in [0.29, 0.717) is 5.39 Å². The van der Waals surface area contributed by atoms with E-state index in [1.165, 1.54) is 18.2 Å². The molecular weight excluding hydrogens is 287 g/mol. The van der Waals surface area contributed by atoms with E-state index in [0.717, 1.165) is 16.0 Å². The van der Waals surface area contributed by atoms with Crippen molar-refractivity contribution >= 4 is 39.3 Å². The van der Waals surface area contributed by atoms with Crippen molar-refractivity contribution in [3.05, 3.63) is 35.0 Å². The average molecular weight is 296 g/mol. The smallest absolute Gasteiger partial charge is 0.348 e.